The third-order valence-electron chi connectivity index (χ3n) is 4.11. The Balaban J connectivity index is 2.01. The first kappa shape index (κ1) is 15.7. The van der Waals surface area contributed by atoms with Crippen molar-refractivity contribution in [1.82, 2.24) is 4.90 Å². The summed E-state index contributed by atoms with van der Waals surface area (Å²) in [7, 11) is 0. The summed E-state index contributed by atoms with van der Waals surface area (Å²) in [6.45, 7) is 6.38. The quantitative estimate of drug-likeness (QED) is 0.944. The minimum atomic E-state index is 0.150. The zero-order chi connectivity index (χ0) is 16.2. The summed E-state index contributed by atoms with van der Waals surface area (Å²) in [5.41, 5.74) is 4.78. The van der Waals surface area contributed by atoms with Gasteiger partial charge in [-0.05, 0) is 25.5 Å². The number of aliphatic imine (C=N–C) groups is 1. The molecule has 0 atom stereocenters. The third-order valence-corrected chi connectivity index (χ3v) is 4.11. The van der Waals surface area contributed by atoms with Crippen LogP contribution in [0.15, 0.2) is 53.5 Å². The van der Waals surface area contributed by atoms with Gasteiger partial charge < -0.3 is 10.0 Å². The van der Waals surface area contributed by atoms with Crippen LogP contribution in [0.25, 0.3) is 0 Å². The summed E-state index contributed by atoms with van der Waals surface area (Å²) in [6.07, 6.45) is 0. The molecule has 0 saturated heterocycles. The lowest BCUT2D eigenvalue weighted by molar-refractivity contribution is 0.199. The molecular formula is C19H23N3O. The van der Waals surface area contributed by atoms with Crippen molar-refractivity contribution in [2.45, 2.75) is 13.8 Å². The van der Waals surface area contributed by atoms with Gasteiger partial charge in [-0.2, -0.15) is 0 Å². The standard InChI is InChI=1S/C19H23N3O/c1-15-8-9-18(16(2)12-15)22-14-21(10-11-23)13-20-19(22)17-6-4-3-5-7-17/h3-9,12,23H,10-11,13-14H2,1-2H3. The molecule has 0 unspecified atom stereocenters. The van der Waals surface area contributed by atoms with Crippen molar-refractivity contribution in [3.8, 4) is 0 Å². The zero-order valence-corrected chi connectivity index (χ0v) is 13.7. The molecular weight excluding hydrogens is 286 g/mol. The number of β-amino-alcohol motifs (C(OH)–C–C–N with tert-alkyl or cyclic N) is 1. The fourth-order valence-electron chi connectivity index (χ4n) is 2.98. The lowest BCUT2D eigenvalue weighted by Gasteiger charge is -2.37. The molecule has 0 amide bonds. The molecule has 0 spiro atoms. The van der Waals surface area contributed by atoms with Crippen molar-refractivity contribution in [3.05, 3.63) is 65.2 Å². The number of hydrogen-bond acceptors (Lipinski definition) is 4. The number of aliphatic hydroxyl groups is 1. The van der Waals surface area contributed by atoms with Gasteiger partial charge in [-0.15, -0.1) is 0 Å². The maximum atomic E-state index is 9.24. The second-order valence-electron chi connectivity index (χ2n) is 5.97. The highest BCUT2D eigenvalue weighted by atomic mass is 16.3. The Bertz CT molecular complexity index is 697. The lowest BCUT2D eigenvalue weighted by atomic mass is 10.1. The molecule has 23 heavy (non-hydrogen) atoms. The van der Waals surface area contributed by atoms with Crippen LogP contribution in [0.5, 0.6) is 0 Å². The Kier molecular flexibility index (Phi) is 4.74. The van der Waals surface area contributed by atoms with Crippen LogP contribution in [0.3, 0.4) is 0 Å². The van der Waals surface area contributed by atoms with E-state index in [2.05, 4.69) is 54.0 Å². The minimum absolute atomic E-state index is 0.150. The van der Waals surface area contributed by atoms with Gasteiger partial charge >= 0.3 is 0 Å². The molecule has 1 aliphatic heterocycles. The molecule has 0 aliphatic carbocycles. The van der Waals surface area contributed by atoms with Gasteiger partial charge in [0.15, 0.2) is 0 Å². The van der Waals surface area contributed by atoms with E-state index in [4.69, 9.17) is 4.99 Å². The van der Waals surface area contributed by atoms with Crippen LogP contribution in [0, 0.1) is 13.8 Å². The van der Waals surface area contributed by atoms with Crippen molar-refractivity contribution in [3.63, 3.8) is 0 Å². The monoisotopic (exact) mass is 309 g/mol. The van der Waals surface area contributed by atoms with Crippen LogP contribution in [0.2, 0.25) is 0 Å². The maximum Gasteiger partial charge on any atom is 0.137 e. The lowest BCUT2D eigenvalue weighted by Crippen LogP contribution is -2.47. The molecule has 0 radical (unpaired) electrons. The predicted octanol–water partition coefficient (Wildman–Crippen LogP) is 2.78. The maximum absolute atomic E-state index is 9.24. The molecule has 0 saturated carbocycles. The van der Waals surface area contributed by atoms with E-state index in [1.54, 1.807) is 0 Å². The second kappa shape index (κ2) is 6.94. The Morgan fingerprint density at radius 1 is 1.09 bits per heavy atom. The van der Waals surface area contributed by atoms with Crippen LogP contribution < -0.4 is 4.90 Å². The average Bonchev–Trinajstić information content (AvgIpc) is 2.56. The minimum Gasteiger partial charge on any atom is -0.395 e. The number of hydrogen-bond donors (Lipinski definition) is 1. The first-order valence-electron chi connectivity index (χ1n) is 7.97. The summed E-state index contributed by atoms with van der Waals surface area (Å²) < 4.78 is 0. The number of amidine groups is 1. The van der Waals surface area contributed by atoms with Gasteiger partial charge in [-0.1, -0.05) is 48.0 Å². The van der Waals surface area contributed by atoms with E-state index in [0.29, 0.717) is 13.2 Å². The number of nitrogens with zero attached hydrogens (tertiary/aromatic N) is 3. The number of aryl methyl sites for hydroxylation is 2. The molecule has 1 aliphatic rings. The molecule has 2 aromatic carbocycles. The highest BCUT2D eigenvalue weighted by Gasteiger charge is 2.23. The van der Waals surface area contributed by atoms with Gasteiger partial charge in [0.05, 0.1) is 19.9 Å². The van der Waals surface area contributed by atoms with Gasteiger partial charge in [0.25, 0.3) is 0 Å². The molecule has 4 nitrogen and oxygen atoms in total. The number of anilines is 1. The first-order chi connectivity index (χ1) is 11.2. The van der Waals surface area contributed by atoms with E-state index in [9.17, 15) is 5.11 Å². The first-order valence-corrected chi connectivity index (χ1v) is 7.97. The van der Waals surface area contributed by atoms with E-state index in [1.807, 2.05) is 18.2 Å². The van der Waals surface area contributed by atoms with Gasteiger partial charge in [0.2, 0.25) is 0 Å². The highest BCUT2D eigenvalue weighted by Crippen LogP contribution is 2.25. The molecule has 0 fully saturated rings. The number of benzene rings is 2. The normalized spacial score (nSPS) is 15.6. The molecule has 2 aromatic rings. The van der Waals surface area contributed by atoms with Gasteiger partial charge in [0.1, 0.15) is 5.84 Å². The van der Waals surface area contributed by atoms with E-state index >= 15 is 0 Å². The third kappa shape index (κ3) is 3.44. The van der Waals surface area contributed by atoms with Gasteiger partial charge in [-0.3, -0.25) is 9.89 Å². The second-order valence-corrected chi connectivity index (χ2v) is 5.97. The van der Waals surface area contributed by atoms with Crippen LogP contribution in [-0.2, 0) is 0 Å². The van der Waals surface area contributed by atoms with E-state index in [1.165, 1.54) is 16.8 Å². The zero-order valence-electron chi connectivity index (χ0n) is 13.7. The summed E-state index contributed by atoms with van der Waals surface area (Å²) in [4.78, 5) is 9.16. The van der Waals surface area contributed by atoms with Crippen molar-refractivity contribution in [2.75, 3.05) is 31.4 Å². The van der Waals surface area contributed by atoms with E-state index in [-0.39, 0.29) is 6.61 Å². The fourth-order valence-corrected chi connectivity index (χ4v) is 2.98. The average molecular weight is 309 g/mol. The summed E-state index contributed by atoms with van der Waals surface area (Å²) in [6, 6.07) is 16.8. The summed E-state index contributed by atoms with van der Waals surface area (Å²) in [5, 5.41) is 9.24. The summed E-state index contributed by atoms with van der Waals surface area (Å²) in [5.74, 6) is 0.992. The Morgan fingerprint density at radius 3 is 2.57 bits per heavy atom. The Labute approximate surface area is 137 Å². The molecule has 4 heteroatoms. The smallest absolute Gasteiger partial charge is 0.137 e. The molecule has 120 valence electrons. The topological polar surface area (TPSA) is 39.1 Å². The van der Waals surface area contributed by atoms with E-state index < -0.39 is 0 Å². The molecule has 3 rings (SSSR count). The van der Waals surface area contributed by atoms with E-state index in [0.717, 1.165) is 18.1 Å². The SMILES string of the molecule is Cc1ccc(N2CN(CCO)CN=C2c2ccccc2)c(C)c1. The van der Waals surface area contributed by atoms with Crippen molar-refractivity contribution >= 4 is 11.5 Å². The van der Waals surface area contributed by atoms with Crippen molar-refractivity contribution in [2.24, 2.45) is 4.99 Å². The Hall–Kier alpha value is -2.17. The van der Waals surface area contributed by atoms with Crippen molar-refractivity contribution in [1.29, 1.82) is 0 Å². The molecule has 1 N–H and O–H groups in total. The largest absolute Gasteiger partial charge is 0.395 e. The number of rotatable bonds is 4. The van der Waals surface area contributed by atoms with Gasteiger partial charge in [-0.25, -0.2) is 0 Å². The molecule has 0 aromatic heterocycles. The summed E-state index contributed by atoms with van der Waals surface area (Å²) >= 11 is 0. The fraction of sp³-hybridized carbons (Fsp3) is 0.316. The Morgan fingerprint density at radius 2 is 1.87 bits per heavy atom. The van der Waals surface area contributed by atoms with Crippen molar-refractivity contribution < 1.29 is 5.11 Å². The van der Waals surface area contributed by atoms with Crippen LogP contribution in [0.4, 0.5) is 5.69 Å². The van der Waals surface area contributed by atoms with Crippen LogP contribution >= 0.6 is 0 Å². The molecule has 1 heterocycles. The van der Waals surface area contributed by atoms with Crippen LogP contribution in [0.1, 0.15) is 16.7 Å². The predicted molar refractivity (Wildman–Crippen MR) is 94.9 cm³/mol. The number of aliphatic hydroxyl groups excluding tert-OH is 1. The highest BCUT2D eigenvalue weighted by molar-refractivity contribution is 6.10. The van der Waals surface area contributed by atoms with Gasteiger partial charge in [0, 0.05) is 17.8 Å². The van der Waals surface area contributed by atoms with Crippen LogP contribution in [-0.4, -0.2) is 42.3 Å². The molecule has 0 bridgehead atoms.